The van der Waals surface area contributed by atoms with E-state index in [2.05, 4.69) is 10.1 Å². The molecule has 0 spiro atoms. The predicted molar refractivity (Wildman–Crippen MR) is 111 cm³/mol. The summed E-state index contributed by atoms with van der Waals surface area (Å²) in [7, 11) is 0. The third-order valence-corrected chi connectivity index (χ3v) is 5.21. The van der Waals surface area contributed by atoms with Gasteiger partial charge in [0.2, 0.25) is 11.8 Å². The second kappa shape index (κ2) is 10.2. The van der Waals surface area contributed by atoms with Gasteiger partial charge < -0.3 is 15.0 Å². The van der Waals surface area contributed by atoms with E-state index >= 15 is 0 Å². The minimum Gasteiger partial charge on any atom is -0.435 e. The van der Waals surface area contributed by atoms with Gasteiger partial charge in [0.15, 0.2) is 0 Å². The van der Waals surface area contributed by atoms with Crippen LogP contribution in [0.15, 0.2) is 48.5 Å². The van der Waals surface area contributed by atoms with Crippen LogP contribution >= 0.6 is 0 Å². The number of nitrogens with one attached hydrogen (secondary N) is 1. The molecule has 3 rings (SSSR count). The van der Waals surface area contributed by atoms with Gasteiger partial charge >= 0.3 is 6.61 Å². The Morgan fingerprint density at radius 1 is 1.17 bits per heavy atom. The molecule has 0 saturated carbocycles. The zero-order chi connectivity index (χ0) is 21.5. The molecule has 7 heteroatoms. The second-order valence-corrected chi connectivity index (χ2v) is 7.30. The Labute approximate surface area is 175 Å². The van der Waals surface area contributed by atoms with Crippen LogP contribution in [0.1, 0.15) is 43.7 Å². The first-order valence-corrected chi connectivity index (χ1v) is 10.2. The van der Waals surface area contributed by atoms with Gasteiger partial charge in [0.1, 0.15) is 11.8 Å². The van der Waals surface area contributed by atoms with Gasteiger partial charge in [0.25, 0.3) is 0 Å². The monoisotopic (exact) mass is 416 g/mol. The lowest BCUT2D eigenvalue weighted by atomic mass is 10.00. The van der Waals surface area contributed by atoms with Crippen LogP contribution in [0.2, 0.25) is 0 Å². The molecule has 1 unspecified atom stereocenters. The number of rotatable bonds is 7. The maximum Gasteiger partial charge on any atom is 0.387 e. The molecule has 1 N–H and O–H groups in total. The molecule has 0 bridgehead atoms. The molecule has 1 fully saturated rings. The van der Waals surface area contributed by atoms with E-state index in [0.29, 0.717) is 37.1 Å². The number of hydrogen-bond donors (Lipinski definition) is 1. The Morgan fingerprint density at radius 3 is 2.63 bits per heavy atom. The van der Waals surface area contributed by atoms with Crippen molar-refractivity contribution in [2.24, 2.45) is 0 Å². The number of ether oxygens (including phenoxy) is 1. The van der Waals surface area contributed by atoms with E-state index < -0.39 is 12.7 Å². The van der Waals surface area contributed by atoms with Gasteiger partial charge in [-0.1, -0.05) is 37.3 Å². The lowest BCUT2D eigenvalue weighted by Crippen LogP contribution is -2.49. The normalized spacial score (nSPS) is 16.4. The third kappa shape index (κ3) is 5.55. The molecule has 30 heavy (non-hydrogen) atoms. The number of nitrogens with zero attached hydrogens (tertiary/aromatic N) is 1. The number of alkyl halides is 2. The summed E-state index contributed by atoms with van der Waals surface area (Å²) in [5, 5.41) is 2.85. The molecule has 5 nitrogen and oxygen atoms in total. The van der Waals surface area contributed by atoms with Crippen molar-refractivity contribution in [1.82, 2.24) is 4.90 Å². The van der Waals surface area contributed by atoms with E-state index in [1.54, 1.807) is 24.0 Å². The average molecular weight is 416 g/mol. The van der Waals surface area contributed by atoms with E-state index in [1.165, 1.54) is 6.07 Å². The summed E-state index contributed by atoms with van der Waals surface area (Å²) in [6, 6.07) is 13.5. The minimum atomic E-state index is -2.93. The van der Waals surface area contributed by atoms with Crippen LogP contribution in [-0.4, -0.2) is 35.9 Å². The van der Waals surface area contributed by atoms with Crippen LogP contribution < -0.4 is 10.1 Å². The first-order valence-electron chi connectivity index (χ1n) is 10.2. The van der Waals surface area contributed by atoms with Gasteiger partial charge in [-0.15, -0.1) is 0 Å². The smallest absolute Gasteiger partial charge is 0.387 e. The van der Waals surface area contributed by atoms with Crippen molar-refractivity contribution in [3.63, 3.8) is 0 Å². The van der Waals surface area contributed by atoms with Crippen LogP contribution in [0.25, 0.3) is 0 Å². The fourth-order valence-corrected chi connectivity index (χ4v) is 3.75. The molecular formula is C23H26F2N2O3. The highest BCUT2D eigenvalue weighted by Gasteiger charge is 2.31. The molecule has 1 atom stereocenters. The number of amides is 2. The predicted octanol–water partition coefficient (Wildman–Crippen LogP) is 4.61. The van der Waals surface area contributed by atoms with Gasteiger partial charge in [-0.05, 0) is 43.0 Å². The summed E-state index contributed by atoms with van der Waals surface area (Å²) >= 11 is 0. The molecule has 0 aromatic heterocycles. The van der Waals surface area contributed by atoms with Gasteiger partial charge in [-0.2, -0.15) is 8.78 Å². The maximum atomic E-state index is 12.9. The summed E-state index contributed by atoms with van der Waals surface area (Å²) < 4.78 is 30.3. The highest BCUT2D eigenvalue weighted by Crippen LogP contribution is 2.28. The Hall–Kier alpha value is -2.96. The van der Waals surface area contributed by atoms with Crippen molar-refractivity contribution < 1.29 is 23.1 Å². The number of likely N-dealkylation sites (tertiary alicyclic amines) is 1. The number of benzene rings is 2. The molecule has 1 aliphatic rings. The van der Waals surface area contributed by atoms with Crippen LogP contribution in [0.3, 0.4) is 0 Å². The topological polar surface area (TPSA) is 58.6 Å². The Bertz CT molecular complexity index is 874. The van der Waals surface area contributed by atoms with Crippen LogP contribution in [0.5, 0.6) is 5.75 Å². The lowest BCUT2D eigenvalue weighted by Gasteiger charge is -2.34. The van der Waals surface area contributed by atoms with Crippen molar-refractivity contribution in [1.29, 1.82) is 0 Å². The van der Waals surface area contributed by atoms with Crippen molar-refractivity contribution >= 4 is 17.5 Å². The summed E-state index contributed by atoms with van der Waals surface area (Å²) in [5.41, 5.74) is 1.97. The third-order valence-electron chi connectivity index (χ3n) is 5.21. The molecule has 2 amide bonds. The summed E-state index contributed by atoms with van der Waals surface area (Å²) in [6.07, 6.45) is 3.12. The SMILES string of the molecule is CCC(=O)N1CCCCC1C(=O)Nc1ccc(OC(F)F)c(Cc2ccccc2)c1. The van der Waals surface area contributed by atoms with Gasteiger partial charge in [0, 0.05) is 30.6 Å². The van der Waals surface area contributed by atoms with E-state index in [1.807, 2.05) is 30.3 Å². The van der Waals surface area contributed by atoms with E-state index in [4.69, 9.17) is 0 Å². The number of anilines is 1. The highest BCUT2D eigenvalue weighted by atomic mass is 19.3. The summed E-state index contributed by atoms with van der Waals surface area (Å²) in [6.45, 7) is -0.579. The lowest BCUT2D eigenvalue weighted by molar-refractivity contribution is -0.140. The zero-order valence-electron chi connectivity index (χ0n) is 16.9. The standard InChI is InChI=1S/C23H26F2N2O3/c1-2-21(28)27-13-7-6-10-19(27)22(29)26-18-11-12-20(30-23(24)25)17(15-18)14-16-8-4-3-5-9-16/h3-5,8-9,11-12,15,19,23H,2,6-7,10,13-14H2,1H3,(H,26,29). The van der Waals surface area contributed by atoms with E-state index in [9.17, 15) is 18.4 Å². The molecule has 160 valence electrons. The second-order valence-electron chi connectivity index (χ2n) is 7.30. The summed E-state index contributed by atoms with van der Waals surface area (Å²) in [4.78, 5) is 26.7. The quantitative estimate of drug-likeness (QED) is 0.717. The largest absolute Gasteiger partial charge is 0.435 e. The van der Waals surface area contributed by atoms with Gasteiger partial charge in [-0.3, -0.25) is 9.59 Å². The van der Waals surface area contributed by atoms with E-state index in [0.717, 1.165) is 18.4 Å². The molecule has 0 radical (unpaired) electrons. The molecule has 0 aliphatic carbocycles. The number of hydrogen-bond acceptors (Lipinski definition) is 3. The van der Waals surface area contributed by atoms with Gasteiger partial charge in [0.05, 0.1) is 0 Å². The van der Waals surface area contributed by atoms with Crippen molar-refractivity contribution in [2.45, 2.75) is 51.7 Å². The maximum absolute atomic E-state index is 12.9. The molecule has 1 saturated heterocycles. The minimum absolute atomic E-state index is 0.0414. The fourth-order valence-electron chi connectivity index (χ4n) is 3.75. The molecule has 2 aromatic rings. The Kier molecular flexibility index (Phi) is 7.38. The summed E-state index contributed by atoms with van der Waals surface area (Å²) in [5.74, 6) is -0.225. The first-order chi connectivity index (χ1) is 14.5. The molecular weight excluding hydrogens is 390 g/mol. The average Bonchev–Trinajstić information content (AvgIpc) is 2.75. The van der Waals surface area contributed by atoms with Crippen molar-refractivity contribution in [3.8, 4) is 5.75 Å². The zero-order valence-corrected chi connectivity index (χ0v) is 16.9. The van der Waals surface area contributed by atoms with Gasteiger partial charge in [-0.25, -0.2) is 0 Å². The first kappa shape index (κ1) is 21.7. The molecule has 1 heterocycles. The molecule has 1 aliphatic heterocycles. The highest BCUT2D eigenvalue weighted by molar-refractivity contribution is 5.97. The van der Waals surface area contributed by atoms with E-state index in [-0.39, 0.29) is 17.6 Å². The number of carbonyl (C=O) groups is 2. The van der Waals surface area contributed by atoms with Crippen molar-refractivity contribution in [3.05, 3.63) is 59.7 Å². The van der Waals surface area contributed by atoms with Crippen LogP contribution in [-0.2, 0) is 16.0 Å². The number of piperidine rings is 1. The van der Waals surface area contributed by atoms with Crippen LogP contribution in [0, 0.1) is 0 Å². The van der Waals surface area contributed by atoms with Crippen molar-refractivity contribution in [2.75, 3.05) is 11.9 Å². The van der Waals surface area contributed by atoms with Crippen LogP contribution in [0.4, 0.5) is 14.5 Å². The fraction of sp³-hybridized carbons (Fsp3) is 0.391. The Morgan fingerprint density at radius 2 is 1.93 bits per heavy atom. The number of carbonyl (C=O) groups excluding carboxylic acids is 2. The number of halogens is 2. The molecule has 2 aromatic carbocycles. The Balaban J connectivity index is 1.80.